The summed E-state index contributed by atoms with van der Waals surface area (Å²) < 4.78 is 12.2. The number of aryl methyl sites for hydroxylation is 1. The zero-order valence-corrected chi connectivity index (χ0v) is 13.6. The fourth-order valence-corrected chi connectivity index (χ4v) is 2.76. The third kappa shape index (κ3) is 2.62. The molecule has 0 saturated heterocycles. The van der Waals surface area contributed by atoms with Gasteiger partial charge in [-0.1, -0.05) is 18.5 Å². The van der Waals surface area contributed by atoms with Gasteiger partial charge >= 0.3 is 5.97 Å². The fourth-order valence-electron chi connectivity index (χ4n) is 2.45. The summed E-state index contributed by atoms with van der Waals surface area (Å²) in [5.74, 6) is 0.0349. The number of aromatic carboxylic acids is 1. The third-order valence-electron chi connectivity index (χ3n) is 3.43. The molecule has 6 nitrogen and oxygen atoms in total. The number of methoxy groups -OCH3 is 2. The van der Waals surface area contributed by atoms with Gasteiger partial charge in [0.1, 0.15) is 0 Å². The van der Waals surface area contributed by atoms with Crippen LogP contribution in [0, 0.1) is 0 Å². The third-order valence-corrected chi connectivity index (χ3v) is 3.73. The van der Waals surface area contributed by atoms with E-state index in [1.54, 1.807) is 27.3 Å². The zero-order chi connectivity index (χ0) is 16.4. The van der Waals surface area contributed by atoms with Crippen LogP contribution in [-0.2, 0) is 13.5 Å². The smallest absolute Gasteiger partial charge is 0.356 e. The lowest BCUT2D eigenvalue weighted by atomic mass is 10.00. The van der Waals surface area contributed by atoms with E-state index in [1.807, 2.05) is 6.92 Å². The normalized spacial score (nSPS) is 10.6. The molecule has 1 aromatic carbocycles. The van der Waals surface area contributed by atoms with Crippen LogP contribution in [0.5, 0.6) is 11.5 Å². The monoisotopic (exact) mass is 324 g/mol. The highest BCUT2D eigenvalue weighted by Crippen LogP contribution is 2.43. The molecule has 0 aliphatic carbocycles. The molecule has 7 heteroatoms. The number of aromatic nitrogens is 2. The van der Waals surface area contributed by atoms with E-state index in [-0.39, 0.29) is 5.69 Å². The molecule has 0 saturated carbocycles. The summed E-state index contributed by atoms with van der Waals surface area (Å²) in [5, 5.41) is 13.5. The van der Waals surface area contributed by atoms with Gasteiger partial charge in [0.05, 0.1) is 24.9 Å². The summed E-state index contributed by atoms with van der Waals surface area (Å²) in [5.41, 5.74) is 2.11. The first-order valence-corrected chi connectivity index (χ1v) is 7.03. The lowest BCUT2D eigenvalue weighted by molar-refractivity contribution is 0.0689. The van der Waals surface area contributed by atoms with Crippen molar-refractivity contribution in [2.75, 3.05) is 14.2 Å². The number of carbonyl (C=O) groups is 1. The van der Waals surface area contributed by atoms with Crippen LogP contribution in [0.4, 0.5) is 0 Å². The predicted molar refractivity (Wildman–Crippen MR) is 83.1 cm³/mol. The van der Waals surface area contributed by atoms with Crippen molar-refractivity contribution in [1.82, 2.24) is 9.78 Å². The van der Waals surface area contributed by atoms with Crippen LogP contribution < -0.4 is 9.47 Å². The molecule has 0 amide bonds. The van der Waals surface area contributed by atoms with Crippen molar-refractivity contribution in [3.05, 3.63) is 28.4 Å². The van der Waals surface area contributed by atoms with E-state index in [1.165, 1.54) is 10.7 Å². The van der Waals surface area contributed by atoms with E-state index in [2.05, 4.69) is 5.10 Å². The Bertz CT molecular complexity index is 725. The van der Waals surface area contributed by atoms with Gasteiger partial charge in [0.25, 0.3) is 0 Å². The van der Waals surface area contributed by atoms with Gasteiger partial charge in [0.15, 0.2) is 17.2 Å². The van der Waals surface area contributed by atoms with Gasteiger partial charge in [-0.15, -0.1) is 0 Å². The molecular formula is C15H17ClN2O4. The van der Waals surface area contributed by atoms with Gasteiger partial charge in [-0.3, -0.25) is 4.68 Å². The quantitative estimate of drug-likeness (QED) is 0.915. The minimum atomic E-state index is -1.09. The molecule has 0 fully saturated rings. The first kappa shape index (κ1) is 16.2. The average molecular weight is 325 g/mol. The highest BCUT2D eigenvalue weighted by Gasteiger charge is 2.22. The van der Waals surface area contributed by atoms with Crippen LogP contribution in [0.15, 0.2) is 12.1 Å². The van der Waals surface area contributed by atoms with Crippen molar-refractivity contribution in [1.29, 1.82) is 0 Å². The van der Waals surface area contributed by atoms with Crippen LogP contribution in [0.1, 0.15) is 23.0 Å². The lowest BCUT2D eigenvalue weighted by Crippen LogP contribution is -2.02. The van der Waals surface area contributed by atoms with E-state index in [0.29, 0.717) is 34.2 Å². The van der Waals surface area contributed by atoms with Crippen LogP contribution in [0.25, 0.3) is 11.3 Å². The Labute approximate surface area is 133 Å². The molecule has 0 atom stereocenters. The van der Waals surface area contributed by atoms with Crippen LogP contribution >= 0.6 is 11.6 Å². The molecule has 2 rings (SSSR count). The minimum Gasteiger partial charge on any atom is -0.493 e. The van der Waals surface area contributed by atoms with E-state index in [9.17, 15) is 4.79 Å². The summed E-state index contributed by atoms with van der Waals surface area (Å²) in [7, 11) is 4.77. The molecule has 118 valence electrons. The average Bonchev–Trinajstić information content (AvgIpc) is 2.87. The molecule has 2 aromatic rings. The highest BCUT2D eigenvalue weighted by molar-refractivity contribution is 6.33. The zero-order valence-electron chi connectivity index (χ0n) is 12.8. The molecular weight excluding hydrogens is 308 g/mol. The second-order valence-electron chi connectivity index (χ2n) is 4.64. The number of hydrogen-bond acceptors (Lipinski definition) is 4. The van der Waals surface area contributed by atoms with E-state index < -0.39 is 5.97 Å². The fraction of sp³-hybridized carbons (Fsp3) is 0.333. The Morgan fingerprint density at radius 1 is 1.36 bits per heavy atom. The Kier molecular flexibility index (Phi) is 4.61. The summed E-state index contributed by atoms with van der Waals surface area (Å²) in [6.45, 7) is 1.96. The van der Waals surface area contributed by atoms with E-state index >= 15 is 0 Å². The van der Waals surface area contributed by atoms with Crippen molar-refractivity contribution in [3.8, 4) is 22.8 Å². The molecule has 1 heterocycles. The molecule has 0 aliphatic rings. The Hall–Kier alpha value is -2.21. The van der Waals surface area contributed by atoms with Gasteiger partial charge in [0, 0.05) is 24.2 Å². The number of nitrogens with zero attached hydrogens (tertiary/aromatic N) is 2. The van der Waals surface area contributed by atoms with Crippen molar-refractivity contribution >= 4 is 17.6 Å². The summed E-state index contributed by atoms with van der Waals surface area (Å²) in [6.07, 6.45) is 0.642. The summed E-state index contributed by atoms with van der Waals surface area (Å²) >= 11 is 6.39. The number of benzene rings is 1. The summed E-state index contributed by atoms with van der Waals surface area (Å²) in [6, 6.07) is 3.15. The molecule has 0 aliphatic heterocycles. The van der Waals surface area contributed by atoms with Crippen molar-refractivity contribution in [2.24, 2.45) is 7.05 Å². The first-order chi connectivity index (χ1) is 10.4. The van der Waals surface area contributed by atoms with Crippen LogP contribution in [0.3, 0.4) is 0 Å². The largest absolute Gasteiger partial charge is 0.493 e. The maximum atomic E-state index is 11.1. The molecule has 1 N–H and O–H groups in total. The van der Waals surface area contributed by atoms with Crippen molar-refractivity contribution < 1.29 is 19.4 Å². The van der Waals surface area contributed by atoms with Gasteiger partial charge in [-0.2, -0.15) is 5.10 Å². The Morgan fingerprint density at radius 3 is 2.50 bits per heavy atom. The molecule has 0 spiro atoms. The number of ether oxygens (including phenoxy) is 2. The van der Waals surface area contributed by atoms with Gasteiger partial charge < -0.3 is 14.6 Å². The topological polar surface area (TPSA) is 73.6 Å². The second-order valence-corrected chi connectivity index (χ2v) is 5.05. The summed E-state index contributed by atoms with van der Waals surface area (Å²) in [4.78, 5) is 11.1. The number of halogens is 1. The minimum absolute atomic E-state index is 0.0367. The van der Waals surface area contributed by atoms with Gasteiger partial charge in [-0.05, 0) is 12.5 Å². The van der Waals surface area contributed by atoms with Crippen LogP contribution in [0.2, 0.25) is 5.02 Å². The number of rotatable bonds is 5. The van der Waals surface area contributed by atoms with Crippen LogP contribution in [-0.4, -0.2) is 35.1 Å². The van der Waals surface area contributed by atoms with E-state index in [0.717, 1.165) is 5.56 Å². The molecule has 22 heavy (non-hydrogen) atoms. The molecule has 1 aromatic heterocycles. The predicted octanol–water partition coefficient (Wildman–Crippen LogP) is 3.02. The SMILES string of the molecule is CCc1c(OC)c(OC)cc(Cl)c1-c1cc(C(=O)O)nn1C. The number of carboxylic acids is 1. The standard InChI is InChI=1S/C15H17ClN2O4/c1-5-8-13(9(16)6-12(21-3)14(8)22-4)11-7-10(15(19)20)17-18(11)2/h6-7H,5H2,1-4H3,(H,19,20). The van der Waals surface area contributed by atoms with Gasteiger partial charge in [-0.25, -0.2) is 4.79 Å². The second kappa shape index (κ2) is 6.27. The maximum Gasteiger partial charge on any atom is 0.356 e. The molecule has 0 unspecified atom stereocenters. The van der Waals surface area contributed by atoms with E-state index in [4.69, 9.17) is 26.2 Å². The molecule has 0 bridgehead atoms. The van der Waals surface area contributed by atoms with Gasteiger partial charge in [0.2, 0.25) is 0 Å². The lowest BCUT2D eigenvalue weighted by Gasteiger charge is -2.17. The van der Waals surface area contributed by atoms with Crippen molar-refractivity contribution in [3.63, 3.8) is 0 Å². The molecule has 0 radical (unpaired) electrons. The number of carboxylic acid groups (broad SMARTS) is 1. The Balaban J connectivity index is 2.77. The Morgan fingerprint density at radius 2 is 2.05 bits per heavy atom. The number of hydrogen-bond donors (Lipinski definition) is 1. The first-order valence-electron chi connectivity index (χ1n) is 6.65. The highest BCUT2D eigenvalue weighted by atomic mass is 35.5. The maximum absolute atomic E-state index is 11.1. The van der Waals surface area contributed by atoms with Crippen molar-refractivity contribution in [2.45, 2.75) is 13.3 Å².